The Morgan fingerprint density at radius 3 is 2.75 bits per heavy atom. The Labute approximate surface area is 102 Å². The number of nitrogens with zero attached hydrogens (tertiary/aromatic N) is 1. The summed E-state index contributed by atoms with van der Waals surface area (Å²) in [5.74, 6) is 0.875. The van der Waals surface area contributed by atoms with Gasteiger partial charge in [0, 0.05) is 22.8 Å². The highest BCUT2D eigenvalue weighted by Gasteiger charge is 2.03. The standard InChI is InChI=1S/C12H21N3S/c1-5-9(2)15-12(13-4)14-8-11-7-6-10(3)16-11/h6-7,9H,5,8H2,1-4H3,(H2,13,14,15). The fourth-order valence-electron chi connectivity index (χ4n) is 1.28. The van der Waals surface area contributed by atoms with Gasteiger partial charge in [-0.05, 0) is 32.4 Å². The van der Waals surface area contributed by atoms with Gasteiger partial charge in [-0.25, -0.2) is 0 Å². The van der Waals surface area contributed by atoms with Gasteiger partial charge in [0.1, 0.15) is 0 Å². The molecule has 16 heavy (non-hydrogen) atoms. The van der Waals surface area contributed by atoms with Crippen molar-refractivity contribution in [2.45, 2.75) is 39.8 Å². The molecule has 1 aromatic heterocycles. The first-order valence-electron chi connectivity index (χ1n) is 5.68. The maximum Gasteiger partial charge on any atom is 0.191 e. The lowest BCUT2D eigenvalue weighted by molar-refractivity contribution is 0.624. The summed E-state index contributed by atoms with van der Waals surface area (Å²) in [5.41, 5.74) is 0. The van der Waals surface area contributed by atoms with Crippen LogP contribution in [0.1, 0.15) is 30.0 Å². The summed E-state index contributed by atoms with van der Waals surface area (Å²) in [7, 11) is 1.80. The third-order valence-corrected chi connectivity index (χ3v) is 3.45. The molecule has 0 aliphatic carbocycles. The van der Waals surface area contributed by atoms with Gasteiger partial charge in [-0.1, -0.05) is 6.92 Å². The van der Waals surface area contributed by atoms with Crippen molar-refractivity contribution in [2.75, 3.05) is 7.05 Å². The Hall–Kier alpha value is -1.03. The number of aryl methyl sites for hydroxylation is 1. The molecule has 0 spiro atoms. The topological polar surface area (TPSA) is 36.4 Å². The lowest BCUT2D eigenvalue weighted by Gasteiger charge is -2.15. The van der Waals surface area contributed by atoms with Gasteiger partial charge in [-0.15, -0.1) is 11.3 Å². The first-order chi connectivity index (χ1) is 7.65. The summed E-state index contributed by atoms with van der Waals surface area (Å²) >= 11 is 1.82. The van der Waals surface area contributed by atoms with Crippen LogP contribution in [0.15, 0.2) is 17.1 Å². The van der Waals surface area contributed by atoms with Crippen LogP contribution in [-0.2, 0) is 6.54 Å². The minimum absolute atomic E-state index is 0.455. The molecule has 1 rings (SSSR count). The highest BCUT2D eigenvalue weighted by molar-refractivity contribution is 7.11. The summed E-state index contributed by atoms with van der Waals surface area (Å²) in [6.45, 7) is 7.28. The van der Waals surface area contributed by atoms with Gasteiger partial charge in [0.25, 0.3) is 0 Å². The summed E-state index contributed by atoms with van der Waals surface area (Å²) in [4.78, 5) is 6.88. The third-order valence-electron chi connectivity index (χ3n) is 2.45. The van der Waals surface area contributed by atoms with Crippen LogP contribution in [0.4, 0.5) is 0 Å². The maximum atomic E-state index is 4.20. The second kappa shape index (κ2) is 6.53. The Bertz CT molecular complexity index is 344. The van der Waals surface area contributed by atoms with E-state index in [0.717, 1.165) is 18.9 Å². The van der Waals surface area contributed by atoms with Gasteiger partial charge in [-0.3, -0.25) is 4.99 Å². The molecule has 0 radical (unpaired) electrons. The van der Waals surface area contributed by atoms with Crippen molar-refractivity contribution in [3.63, 3.8) is 0 Å². The molecule has 2 N–H and O–H groups in total. The lowest BCUT2D eigenvalue weighted by atomic mass is 10.3. The van der Waals surface area contributed by atoms with Crippen molar-refractivity contribution in [1.82, 2.24) is 10.6 Å². The smallest absolute Gasteiger partial charge is 0.191 e. The number of rotatable bonds is 4. The van der Waals surface area contributed by atoms with E-state index in [4.69, 9.17) is 0 Å². The maximum absolute atomic E-state index is 4.20. The average molecular weight is 239 g/mol. The van der Waals surface area contributed by atoms with Crippen LogP contribution in [0.3, 0.4) is 0 Å². The molecule has 0 amide bonds. The van der Waals surface area contributed by atoms with Crippen molar-refractivity contribution < 1.29 is 0 Å². The summed E-state index contributed by atoms with van der Waals surface area (Å²) in [6.07, 6.45) is 1.10. The molecule has 0 fully saturated rings. The molecule has 0 aliphatic heterocycles. The van der Waals surface area contributed by atoms with E-state index in [2.05, 4.69) is 48.5 Å². The second-order valence-electron chi connectivity index (χ2n) is 3.89. The summed E-state index contributed by atoms with van der Waals surface area (Å²) in [5, 5.41) is 6.65. The van der Waals surface area contributed by atoms with Crippen LogP contribution < -0.4 is 10.6 Å². The number of aliphatic imine (C=N–C) groups is 1. The van der Waals surface area contributed by atoms with Gasteiger partial charge in [0.2, 0.25) is 0 Å². The molecule has 0 bridgehead atoms. The normalized spacial score (nSPS) is 13.6. The van der Waals surface area contributed by atoms with Gasteiger partial charge in [0.15, 0.2) is 5.96 Å². The van der Waals surface area contributed by atoms with Gasteiger partial charge in [0.05, 0.1) is 6.54 Å². The average Bonchev–Trinajstić information content (AvgIpc) is 2.69. The molecule has 3 nitrogen and oxygen atoms in total. The molecular formula is C12H21N3S. The van der Waals surface area contributed by atoms with E-state index < -0.39 is 0 Å². The third kappa shape index (κ3) is 4.23. The van der Waals surface area contributed by atoms with E-state index in [-0.39, 0.29) is 0 Å². The lowest BCUT2D eigenvalue weighted by Crippen LogP contribution is -2.41. The minimum Gasteiger partial charge on any atom is -0.354 e. The van der Waals surface area contributed by atoms with Gasteiger partial charge < -0.3 is 10.6 Å². The SMILES string of the molecule is CCC(C)NC(=NC)NCc1ccc(C)s1. The van der Waals surface area contributed by atoms with Crippen LogP contribution >= 0.6 is 11.3 Å². The number of hydrogen-bond acceptors (Lipinski definition) is 2. The first-order valence-corrected chi connectivity index (χ1v) is 6.49. The van der Waals surface area contributed by atoms with Crippen molar-refractivity contribution >= 4 is 17.3 Å². The molecule has 1 atom stereocenters. The predicted octanol–water partition coefficient (Wildman–Crippen LogP) is 2.52. The van der Waals surface area contributed by atoms with Gasteiger partial charge >= 0.3 is 0 Å². The fraction of sp³-hybridized carbons (Fsp3) is 0.583. The number of nitrogens with one attached hydrogen (secondary N) is 2. The molecule has 4 heteroatoms. The van der Waals surface area contributed by atoms with Gasteiger partial charge in [-0.2, -0.15) is 0 Å². The molecule has 1 aromatic rings. The zero-order chi connectivity index (χ0) is 12.0. The molecule has 0 aromatic carbocycles. The predicted molar refractivity (Wildman–Crippen MR) is 72.1 cm³/mol. The number of hydrogen-bond donors (Lipinski definition) is 2. The quantitative estimate of drug-likeness (QED) is 0.626. The van der Waals surface area contributed by atoms with Crippen LogP contribution in [-0.4, -0.2) is 19.0 Å². The highest BCUT2D eigenvalue weighted by atomic mass is 32.1. The van der Waals surface area contributed by atoms with Crippen LogP contribution in [0.5, 0.6) is 0 Å². The van der Waals surface area contributed by atoms with E-state index >= 15 is 0 Å². The highest BCUT2D eigenvalue weighted by Crippen LogP contribution is 2.14. The second-order valence-corrected chi connectivity index (χ2v) is 5.26. The molecule has 1 unspecified atom stereocenters. The molecule has 0 aliphatic rings. The molecule has 0 saturated heterocycles. The van der Waals surface area contributed by atoms with E-state index in [1.165, 1.54) is 9.75 Å². The number of guanidine groups is 1. The fourth-order valence-corrected chi connectivity index (χ4v) is 2.11. The zero-order valence-electron chi connectivity index (χ0n) is 10.5. The van der Waals surface area contributed by atoms with Crippen molar-refractivity contribution in [1.29, 1.82) is 0 Å². The Balaban J connectivity index is 2.40. The first kappa shape index (κ1) is 13.0. The minimum atomic E-state index is 0.455. The van der Waals surface area contributed by atoms with Crippen molar-refractivity contribution in [2.24, 2.45) is 4.99 Å². The summed E-state index contributed by atoms with van der Waals surface area (Å²) < 4.78 is 0. The largest absolute Gasteiger partial charge is 0.354 e. The van der Waals surface area contributed by atoms with E-state index in [1.807, 2.05) is 11.3 Å². The van der Waals surface area contributed by atoms with Crippen LogP contribution in [0.2, 0.25) is 0 Å². The Morgan fingerprint density at radius 2 is 2.25 bits per heavy atom. The van der Waals surface area contributed by atoms with E-state index in [1.54, 1.807) is 7.05 Å². The van der Waals surface area contributed by atoms with Crippen LogP contribution in [0.25, 0.3) is 0 Å². The van der Waals surface area contributed by atoms with E-state index in [9.17, 15) is 0 Å². The van der Waals surface area contributed by atoms with Crippen LogP contribution in [0, 0.1) is 6.92 Å². The molecule has 1 heterocycles. The number of thiophene rings is 1. The van der Waals surface area contributed by atoms with Crippen molar-refractivity contribution in [3.8, 4) is 0 Å². The summed E-state index contributed by atoms with van der Waals surface area (Å²) in [6, 6.07) is 4.76. The molecule has 90 valence electrons. The monoisotopic (exact) mass is 239 g/mol. The zero-order valence-corrected chi connectivity index (χ0v) is 11.3. The van der Waals surface area contributed by atoms with E-state index in [0.29, 0.717) is 6.04 Å². The Morgan fingerprint density at radius 1 is 1.50 bits per heavy atom. The Kier molecular flexibility index (Phi) is 5.32. The molecular weight excluding hydrogens is 218 g/mol. The molecule has 0 saturated carbocycles. The van der Waals surface area contributed by atoms with Crippen molar-refractivity contribution in [3.05, 3.63) is 21.9 Å².